The van der Waals surface area contributed by atoms with Crippen molar-refractivity contribution >= 4 is 31.4 Å². The number of nitrogens with zero attached hydrogens (tertiary/aromatic N) is 2. The van der Waals surface area contributed by atoms with Crippen molar-refractivity contribution in [1.82, 2.24) is 9.80 Å². The second kappa shape index (κ2) is 14.9. The first-order valence-corrected chi connectivity index (χ1v) is 21.9. The predicted octanol–water partition coefficient (Wildman–Crippen LogP) is 6.40. The number of piperazine rings is 1. The van der Waals surface area contributed by atoms with Crippen LogP contribution in [0, 0.1) is 17.8 Å². The highest BCUT2D eigenvalue weighted by atomic mass is 31.2. The van der Waals surface area contributed by atoms with Crippen LogP contribution in [-0.4, -0.2) is 106 Å². The molecule has 2 saturated heterocycles. The molecule has 1 spiro atoms. The molecule has 8 rings (SSSR count). The molecule has 4 heterocycles. The van der Waals surface area contributed by atoms with E-state index in [1.165, 1.54) is 7.11 Å². The van der Waals surface area contributed by atoms with Gasteiger partial charge in [0.15, 0.2) is 28.5 Å². The van der Waals surface area contributed by atoms with Gasteiger partial charge in [0, 0.05) is 61.6 Å². The summed E-state index contributed by atoms with van der Waals surface area (Å²) in [6, 6.07) is -0.597. The molecule has 58 heavy (non-hydrogen) atoms. The Labute approximate surface area is 341 Å². The lowest BCUT2D eigenvalue weighted by atomic mass is 9.44. The number of methoxy groups -OCH3 is 1. The molecule has 0 radical (unpaired) electrons. The lowest BCUT2D eigenvalue weighted by molar-refractivity contribution is -0.214. The number of carbonyl (C=O) groups excluding carboxylic acids is 3. The third kappa shape index (κ3) is 6.83. The number of phosphoric acid groups is 1. The van der Waals surface area contributed by atoms with Gasteiger partial charge < -0.3 is 28.4 Å². The Morgan fingerprint density at radius 2 is 1.66 bits per heavy atom. The number of carbonyl (C=O) groups is 3. The molecule has 3 saturated carbocycles. The van der Waals surface area contributed by atoms with Crippen molar-refractivity contribution in [3.8, 4) is 17.2 Å². The first-order valence-electron chi connectivity index (χ1n) is 20.4. The summed E-state index contributed by atoms with van der Waals surface area (Å²) >= 11 is 0. The molecular formula is C44H59N2O11P. The van der Waals surface area contributed by atoms with E-state index in [9.17, 15) is 19.1 Å². The van der Waals surface area contributed by atoms with Crippen LogP contribution in [-0.2, 0) is 30.0 Å². The van der Waals surface area contributed by atoms with E-state index >= 15 is 9.59 Å². The van der Waals surface area contributed by atoms with E-state index in [0.717, 1.165) is 24.2 Å². The molecule has 0 amide bonds. The SMILES string of the molecule is COC(=O)/C(C)=C\CC12OC(C)(C)C3CC(C1=O)C(N1CCN(C)CC1)C1C(=O)c4c(OP(=O)(O)O)c5c(c(CC=C(C)C)c4OC132)OC(C)(CCC=C(C)C)C=C5. The lowest BCUT2D eigenvalue weighted by Gasteiger charge is -2.65. The second-order valence-electron chi connectivity index (χ2n) is 18.3. The van der Waals surface area contributed by atoms with Crippen LogP contribution in [0.25, 0.3) is 6.08 Å². The van der Waals surface area contributed by atoms with E-state index < -0.39 is 65.8 Å². The third-order valence-electron chi connectivity index (χ3n) is 13.4. The molecule has 4 aliphatic heterocycles. The summed E-state index contributed by atoms with van der Waals surface area (Å²) in [5, 5.41) is 0. The number of esters is 1. The van der Waals surface area contributed by atoms with Gasteiger partial charge in [0.2, 0.25) is 0 Å². The maximum absolute atomic E-state index is 16.0. The molecule has 5 fully saturated rings. The molecule has 4 bridgehead atoms. The minimum absolute atomic E-state index is 0.0560. The maximum Gasteiger partial charge on any atom is 0.524 e. The molecule has 13 nitrogen and oxygen atoms in total. The van der Waals surface area contributed by atoms with Gasteiger partial charge in [0.1, 0.15) is 22.7 Å². The summed E-state index contributed by atoms with van der Waals surface area (Å²) in [5.41, 5.74) is -1.97. The summed E-state index contributed by atoms with van der Waals surface area (Å²) in [5.74, 6) is -3.21. The van der Waals surface area contributed by atoms with Crippen LogP contribution in [0.4, 0.5) is 0 Å². The highest BCUT2D eigenvalue weighted by Gasteiger charge is 2.86. The van der Waals surface area contributed by atoms with Crippen LogP contribution < -0.4 is 14.0 Å². The Morgan fingerprint density at radius 1 is 0.983 bits per heavy atom. The summed E-state index contributed by atoms with van der Waals surface area (Å²) < 4.78 is 45.0. The Kier molecular flexibility index (Phi) is 10.9. The van der Waals surface area contributed by atoms with E-state index in [1.807, 2.05) is 67.7 Å². The van der Waals surface area contributed by atoms with Crippen LogP contribution in [0.5, 0.6) is 17.2 Å². The van der Waals surface area contributed by atoms with Crippen LogP contribution in [0.3, 0.4) is 0 Å². The van der Waals surface area contributed by atoms with Gasteiger partial charge >= 0.3 is 13.8 Å². The fraction of sp³-hybridized carbons (Fsp3) is 0.614. The normalized spacial score (nSPS) is 32.4. The molecule has 0 aromatic heterocycles. The topological polar surface area (TPSA) is 161 Å². The zero-order valence-electron chi connectivity index (χ0n) is 35.5. The highest BCUT2D eigenvalue weighted by molar-refractivity contribution is 7.46. The van der Waals surface area contributed by atoms with Crippen molar-refractivity contribution in [3.63, 3.8) is 0 Å². The van der Waals surface area contributed by atoms with Crippen molar-refractivity contribution in [1.29, 1.82) is 0 Å². The van der Waals surface area contributed by atoms with Gasteiger partial charge in [0.25, 0.3) is 0 Å². The van der Waals surface area contributed by atoms with E-state index in [-0.39, 0.29) is 46.8 Å². The van der Waals surface area contributed by atoms with Gasteiger partial charge in [0.05, 0.1) is 24.2 Å². The van der Waals surface area contributed by atoms with Gasteiger partial charge in [-0.15, -0.1) is 0 Å². The van der Waals surface area contributed by atoms with Crippen LogP contribution >= 0.6 is 7.82 Å². The monoisotopic (exact) mass is 822 g/mol. The molecule has 7 atom stereocenters. The summed E-state index contributed by atoms with van der Waals surface area (Å²) in [6.07, 6.45) is 11.3. The molecule has 3 aliphatic carbocycles. The van der Waals surface area contributed by atoms with Gasteiger partial charge in [-0.1, -0.05) is 29.4 Å². The van der Waals surface area contributed by atoms with Gasteiger partial charge in [-0.05, 0) is 100 Å². The second-order valence-corrected chi connectivity index (χ2v) is 19.5. The van der Waals surface area contributed by atoms with Crippen molar-refractivity contribution in [3.05, 3.63) is 57.7 Å². The van der Waals surface area contributed by atoms with E-state index in [1.54, 1.807) is 19.1 Å². The van der Waals surface area contributed by atoms with Crippen LogP contribution in [0.1, 0.15) is 103 Å². The van der Waals surface area contributed by atoms with E-state index in [2.05, 4.69) is 15.9 Å². The summed E-state index contributed by atoms with van der Waals surface area (Å²) in [7, 11) is -1.94. The van der Waals surface area contributed by atoms with Crippen LogP contribution in [0.2, 0.25) is 0 Å². The number of phosphoric ester groups is 1. The first kappa shape index (κ1) is 42.5. The molecule has 1 aromatic rings. The van der Waals surface area contributed by atoms with Gasteiger partial charge in [-0.2, -0.15) is 0 Å². The number of hydrogen-bond donors (Lipinski definition) is 2. The Hall–Kier alpha value is -3.58. The van der Waals surface area contributed by atoms with E-state index in [4.69, 9.17) is 23.5 Å². The number of Topliss-reactive ketones (excluding diaryl/α,β-unsaturated/α-hetero) is 2. The maximum atomic E-state index is 16.0. The highest BCUT2D eigenvalue weighted by Crippen LogP contribution is 2.71. The van der Waals surface area contributed by atoms with Crippen molar-refractivity contribution in [2.45, 2.75) is 116 Å². The number of allylic oxidation sites excluding steroid dienone is 4. The van der Waals surface area contributed by atoms with Crippen molar-refractivity contribution < 1.29 is 52.2 Å². The largest absolute Gasteiger partial charge is 0.524 e. The fourth-order valence-electron chi connectivity index (χ4n) is 10.7. The minimum Gasteiger partial charge on any atom is -0.482 e. The van der Waals surface area contributed by atoms with E-state index in [0.29, 0.717) is 43.7 Å². The fourth-order valence-corrected chi connectivity index (χ4v) is 11.1. The van der Waals surface area contributed by atoms with Crippen molar-refractivity contribution in [2.24, 2.45) is 17.8 Å². The first-order chi connectivity index (χ1) is 27.1. The average molecular weight is 823 g/mol. The Morgan fingerprint density at radius 3 is 2.28 bits per heavy atom. The summed E-state index contributed by atoms with van der Waals surface area (Å²) in [6.45, 7) is 18.0. The number of rotatable bonds is 11. The zero-order valence-corrected chi connectivity index (χ0v) is 36.4. The summed E-state index contributed by atoms with van der Waals surface area (Å²) in [4.78, 5) is 69.5. The standard InChI is InChI=1S/C44H59N2O11P/c1-25(2)12-11-17-42(8)18-16-29-36(54-42)28(14-13-26(3)4)37-32(38(29)56-58(50,51)52)35(47)33-34(46-22-20-45(9)21-23-46)30-24-31-41(6,7)57-43(39(30)48,44(31,33)55-37)19-15-27(5)40(49)53-10/h12-13,15-16,18,30-31,33-34H,11,14,17,19-24H2,1-10H3,(H2,50,51,52)/b27-15-. The van der Waals surface area contributed by atoms with Crippen LogP contribution in [0.15, 0.2) is 41.0 Å². The molecule has 7 aliphatic rings. The predicted molar refractivity (Wildman–Crippen MR) is 218 cm³/mol. The van der Waals surface area contributed by atoms with Gasteiger partial charge in [-0.3, -0.25) is 24.3 Å². The molecule has 7 unspecified atom stereocenters. The number of ether oxygens (including phenoxy) is 4. The number of hydrogen-bond acceptors (Lipinski definition) is 11. The quantitative estimate of drug-likeness (QED) is 0.109. The zero-order chi connectivity index (χ0) is 42.3. The smallest absolute Gasteiger partial charge is 0.482 e. The Balaban J connectivity index is 1.54. The molecular weight excluding hydrogens is 763 g/mol. The van der Waals surface area contributed by atoms with Gasteiger partial charge in [-0.25, -0.2) is 9.36 Å². The third-order valence-corrected chi connectivity index (χ3v) is 13.8. The average Bonchev–Trinajstić information content (AvgIpc) is 3.28. The molecule has 14 heteroatoms. The minimum atomic E-state index is -5.27. The molecule has 2 N–H and O–H groups in total. The lowest BCUT2D eigenvalue weighted by Crippen LogP contribution is -2.82. The number of likely N-dealkylation sites (N-methyl/N-ethyl adjacent to an activating group) is 1. The number of ketones is 2. The number of benzene rings is 1. The molecule has 316 valence electrons. The molecule has 1 aromatic carbocycles. The number of fused-ring (bicyclic) bond motifs is 2. The Bertz CT molecular complexity index is 2080. The van der Waals surface area contributed by atoms with Crippen molar-refractivity contribution in [2.75, 3.05) is 40.3 Å².